The fraction of sp³-hybridized carbons (Fsp3) is 0.160. The first-order valence-electron chi connectivity index (χ1n) is 10.4. The molecule has 0 spiro atoms. The molecule has 2 amide bonds. The molecular weight excluding hydrogens is 463 g/mol. The molecule has 2 aliphatic rings. The maximum Gasteiger partial charge on any atom is 0.337 e. The lowest BCUT2D eigenvalue weighted by Gasteiger charge is -2.28. The quantitative estimate of drug-likeness (QED) is 0.409. The van der Waals surface area contributed by atoms with Crippen molar-refractivity contribution < 1.29 is 28.3 Å². The molecule has 3 atom stereocenters. The van der Waals surface area contributed by atoms with E-state index in [9.17, 15) is 18.8 Å². The molecule has 9 heteroatoms. The molecule has 2 heterocycles. The molecule has 2 saturated heterocycles. The van der Waals surface area contributed by atoms with Crippen LogP contribution >= 0.6 is 11.6 Å². The van der Waals surface area contributed by atoms with Gasteiger partial charge < -0.3 is 4.74 Å². The molecule has 2 fully saturated rings. The highest BCUT2D eigenvalue weighted by atomic mass is 35.5. The Morgan fingerprint density at radius 1 is 0.912 bits per heavy atom. The van der Waals surface area contributed by atoms with Gasteiger partial charge in [0.2, 0.25) is 5.91 Å². The van der Waals surface area contributed by atoms with Crippen LogP contribution in [-0.4, -0.2) is 31.0 Å². The SMILES string of the molecule is COC(=O)c1ccc(N2C(=O)[C@H]3[C@@H](c4ccc(F)cc4)N(c4ccc(Cl)cc4)O[C@H]3C2=O)cc1. The number of imide groups is 1. The summed E-state index contributed by atoms with van der Waals surface area (Å²) in [5.41, 5.74) is 1.83. The minimum Gasteiger partial charge on any atom is -0.465 e. The van der Waals surface area contributed by atoms with Gasteiger partial charge in [0, 0.05) is 5.02 Å². The van der Waals surface area contributed by atoms with Gasteiger partial charge in [-0.15, -0.1) is 0 Å². The van der Waals surface area contributed by atoms with Gasteiger partial charge in [0.15, 0.2) is 6.10 Å². The maximum atomic E-state index is 13.6. The predicted octanol–water partition coefficient (Wildman–Crippen LogP) is 4.32. The first kappa shape index (κ1) is 22.1. The molecule has 2 aliphatic heterocycles. The van der Waals surface area contributed by atoms with Crippen LogP contribution in [0.4, 0.5) is 15.8 Å². The molecule has 172 valence electrons. The van der Waals surface area contributed by atoms with Crippen molar-refractivity contribution in [2.24, 2.45) is 5.92 Å². The summed E-state index contributed by atoms with van der Waals surface area (Å²) < 4.78 is 18.3. The third-order valence-electron chi connectivity index (χ3n) is 5.95. The second-order valence-electron chi connectivity index (χ2n) is 7.90. The first-order chi connectivity index (χ1) is 16.4. The number of carbonyl (C=O) groups is 3. The van der Waals surface area contributed by atoms with Crippen molar-refractivity contribution in [3.8, 4) is 0 Å². The summed E-state index contributed by atoms with van der Waals surface area (Å²) in [4.78, 5) is 45.7. The van der Waals surface area contributed by atoms with Gasteiger partial charge >= 0.3 is 5.97 Å². The van der Waals surface area contributed by atoms with Crippen LogP contribution in [0.2, 0.25) is 5.02 Å². The number of ether oxygens (including phenoxy) is 1. The molecule has 7 nitrogen and oxygen atoms in total. The van der Waals surface area contributed by atoms with Crippen LogP contribution in [0.3, 0.4) is 0 Å². The molecule has 0 aliphatic carbocycles. The van der Waals surface area contributed by atoms with Crippen molar-refractivity contribution in [1.29, 1.82) is 0 Å². The molecule has 0 bridgehead atoms. The first-order valence-corrected chi connectivity index (χ1v) is 10.8. The smallest absolute Gasteiger partial charge is 0.337 e. The van der Waals surface area contributed by atoms with Crippen molar-refractivity contribution in [2.45, 2.75) is 12.1 Å². The summed E-state index contributed by atoms with van der Waals surface area (Å²) in [5, 5.41) is 2.03. The lowest BCUT2D eigenvalue weighted by Crippen LogP contribution is -2.37. The Bertz CT molecular complexity index is 1260. The lowest BCUT2D eigenvalue weighted by atomic mass is 9.90. The van der Waals surface area contributed by atoms with Crippen LogP contribution in [0.25, 0.3) is 0 Å². The highest BCUT2D eigenvalue weighted by Gasteiger charge is 2.60. The average Bonchev–Trinajstić information content (AvgIpc) is 3.35. The van der Waals surface area contributed by atoms with Crippen molar-refractivity contribution in [3.05, 3.63) is 94.8 Å². The fourth-order valence-electron chi connectivity index (χ4n) is 4.34. The zero-order valence-electron chi connectivity index (χ0n) is 17.9. The molecule has 0 unspecified atom stereocenters. The molecule has 5 rings (SSSR count). The second kappa shape index (κ2) is 8.55. The predicted molar refractivity (Wildman–Crippen MR) is 122 cm³/mol. The number of carbonyl (C=O) groups excluding carboxylic acids is 3. The van der Waals surface area contributed by atoms with Gasteiger partial charge in [-0.3, -0.25) is 14.4 Å². The van der Waals surface area contributed by atoms with Crippen molar-refractivity contribution in [3.63, 3.8) is 0 Å². The second-order valence-corrected chi connectivity index (χ2v) is 8.34. The number of anilines is 2. The van der Waals surface area contributed by atoms with E-state index in [0.29, 0.717) is 27.5 Å². The number of hydrogen-bond acceptors (Lipinski definition) is 6. The summed E-state index contributed by atoms with van der Waals surface area (Å²) in [7, 11) is 1.27. The van der Waals surface area contributed by atoms with Crippen LogP contribution in [0.5, 0.6) is 0 Å². The number of hydrogen-bond donors (Lipinski definition) is 0. The molecule has 34 heavy (non-hydrogen) atoms. The van der Waals surface area contributed by atoms with Gasteiger partial charge in [0.25, 0.3) is 5.91 Å². The number of esters is 1. The van der Waals surface area contributed by atoms with Crippen LogP contribution in [0.15, 0.2) is 72.8 Å². The maximum absolute atomic E-state index is 13.6. The molecule has 0 N–H and O–H groups in total. The number of nitrogens with zero attached hydrogens (tertiary/aromatic N) is 2. The number of rotatable bonds is 4. The third-order valence-corrected chi connectivity index (χ3v) is 6.21. The van der Waals surface area contributed by atoms with Gasteiger partial charge in [-0.05, 0) is 66.2 Å². The minimum atomic E-state index is -1.07. The Morgan fingerprint density at radius 3 is 2.15 bits per heavy atom. The van der Waals surface area contributed by atoms with E-state index in [1.165, 1.54) is 48.6 Å². The Hall–Kier alpha value is -3.75. The number of hydroxylamine groups is 1. The highest BCUT2D eigenvalue weighted by molar-refractivity contribution is 6.30. The number of fused-ring (bicyclic) bond motifs is 1. The van der Waals surface area contributed by atoms with Gasteiger partial charge in [0.1, 0.15) is 11.7 Å². The highest BCUT2D eigenvalue weighted by Crippen LogP contribution is 2.47. The van der Waals surface area contributed by atoms with E-state index < -0.39 is 41.7 Å². The molecule has 0 aromatic heterocycles. The van der Waals surface area contributed by atoms with Crippen LogP contribution < -0.4 is 9.96 Å². The molecule has 0 radical (unpaired) electrons. The van der Waals surface area contributed by atoms with Crippen LogP contribution in [0, 0.1) is 11.7 Å². The molecule has 0 saturated carbocycles. The monoisotopic (exact) mass is 480 g/mol. The van der Waals surface area contributed by atoms with Gasteiger partial charge in [-0.2, -0.15) is 0 Å². The van der Waals surface area contributed by atoms with Crippen molar-refractivity contribution in [1.82, 2.24) is 0 Å². The van der Waals surface area contributed by atoms with Crippen LogP contribution in [0.1, 0.15) is 22.0 Å². The third kappa shape index (κ3) is 3.61. The Kier molecular flexibility index (Phi) is 5.55. The zero-order valence-corrected chi connectivity index (χ0v) is 18.6. The Labute approximate surface area is 199 Å². The topological polar surface area (TPSA) is 76.2 Å². The number of amides is 2. The van der Waals surface area contributed by atoms with Gasteiger partial charge in [-0.25, -0.2) is 19.1 Å². The summed E-state index contributed by atoms with van der Waals surface area (Å²) in [6.07, 6.45) is -1.07. The van der Waals surface area contributed by atoms with E-state index in [2.05, 4.69) is 0 Å². The summed E-state index contributed by atoms with van der Waals surface area (Å²) in [6.45, 7) is 0. The zero-order chi connectivity index (χ0) is 24.0. The Balaban J connectivity index is 1.53. The van der Waals surface area contributed by atoms with E-state index in [1.54, 1.807) is 36.4 Å². The number of methoxy groups -OCH3 is 1. The van der Waals surface area contributed by atoms with E-state index in [-0.39, 0.29) is 0 Å². The van der Waals surface area contributed by atoms with Crippen molar-refractivity contribution in [2.75, 3.05) is 17.1 Å². The number of halogens is 2. The van der Waals surface area contributed by atoms with Gasteiger partial charge in [-0.1, -0.05) is 23.7 Å². The van der Waals surface area contributed by atoms with E-state index in [4.69, 9.17) is 21.2 Å². The van der Waals surface area contributed by atoms with Gasteiger partial charge in [0.05, 0.1) is 30.1 Å². The van der Waals surface area contributed by atoms with E-state index >= 15 is 0 Å². The minimum absolute atomic E-state index is 0.292. The summed E-state index contributed by atoms with van der Waals surface area (Å²) >= 11 is 6.01. The largest absolute Gasteiger partial charge is 0.465 e. The molecule has 3 aromatic carbocycles. The Morgan fingerprint density at radius 2 is 1.53 bits per heavy atom. The molecular formula is C25H18ClFN2O5. The van der Waals surface area contributed by atoms with E-state index in [0.717, 1.165) is 4.90 Å². The fourth-order valence-corrected chi connectivity index (χ4v) is 4.47. The number of benzene rings is 3. The molecule has 3 aromatic rings. The standard InChI is InChI=1S/C25H18ClFN2O5/c1-33-25(32)15-4-10-18(11-5-15)28-23(30)20-21(14-2-8-17(27)9-3-14)29(34-22(20)24(28)31)19-12-6-16(26)7-13-19/h2-13,20-22H,1H3/t20-,21+,22+/m0/s1. The van der Waals surface area contributed by atoms with E-state index in [1.807, 2.05) is 0 Å². The summed E-state index contributed by atoms with van der Waals surface area (Å²) in [6, 6.07) is 17.8. The average molecular weight is 481 g/mol. The van der Waals surface area contributed by atoms with Crippen LogP contribution in [-0.2, 0) is 19.2 Å². The lowest BCUT2D eigenvalue weighted by molar-refractivity contribution is -0.126. The summed E-state index contributed by atoms with van der Waals surface area (Å²) in [5.74, 6) is -2.79. The van der Waals surface area contributed by atoms with Crippen molar-refractivity contribution >= 4 is 40.8 Å². The normalized spacial score (nSPS) is 21.7.